The first-order chi connectivity index (χ1) is 7.66. The minimum Gasteiger partial charge on any atom is -0.484 e. The van der Waals surface area contributed by atoms with E-state index in [1.54, 1.807) is 0 Å². The van der Waals surface area contributed by atoms with Crippen LogP contribution in [0.15, 0.2) is 18.2 Å². The molecule has 1 unspecified atom stereocenters. The molecule has 0 aliphatic carbocycles. The highest BCUT2D eigenvalue weighted by Gasteiger charge is 2.20. The molecule has 0 aliphatic rings. The first-order valence-corrected chi connectivity index (χ1v) is 8.22. The fourth-order valence-corrected chi connectivity index (χ4v) is 1.84. The van der Waals surface area contributed by atoms with E-state index >= 15 is 0 Å². The van der Waals surface area contributed by atoms with Gasteiger partial charge in [0.25, 0.3) is 0 Å². The van der Waals surface area contributed by atoms with Crippen LogP contribution in [0.2, 0.25) is 0 Å². The molecule has 5 nitrogen and oxygen atoms in total. The minimum atomic E-state index is -0.904. The van der Waals surface area contributed by atoms with Crippen molar-refractivity contribution >= 4 is 34.2 Å². The van der Waals surface area contributed by atoms with Gasteiger partial charge in [0.15, 0.2) is 5.75 Å². The van der Waals surface area contributed by atoms with Crippen LogP contribution in [0.5, 0.6) is 5.75 Å². The molecule has 1 atom stereocenters. The van der Waals surface area contributed by atoms with Crippen LogP contribution in [-0.4, -0.2) is 18.1 Å². The minimum absolute atomic E-state index is 0.0783. The zero-order chi connectivity index (χ0) is 12.0. The molecule has 8 heteroatoms. The Hall–Kier alpha value is -0.530. The summed E-state index contributed by atoms with van der Waals surface area (Å²) < 4.78 is 23.2. The van der Waals surface area contributed by atoms with Gasteiger partial charge < -0.3 is 9.26 Å². The summed E-state index contributed by atoms with van der Waals surface area (Å²) >= 11 is 2.05. The number of nitro benzene ring substituents is 1. The van der Waals surface area contributed by atoms with Gasteiger partial charge in [0.05, 0.1) is 18.0 Å². The van der Waals surface area contributed by atoms with Crippen molar-refractivity contribution < 1.29 is 18.6 Å². The lowest BCUT2D eigenvalue weighted by atomic mass is 10.3. The number of nitrogens with zero attached hydrogens (tertiary/aromatic N) is 1. The Balaban J connectivity index is 2.71. The van der Waals surface area contributed by atoms with Gasteiger partial charge in [0, 0.05) is 0 Å². The number of hydrogen-bond acceptors (Lipinski definition) is 4. The molecule has 0 radical (unpaired) electrons. The van der Waals surface area contributed by atoms with Gasteiger partial charge in [-0.15, -0.1) is 0 Å². The quantitative estimate of drug-likeness (QED) is 0.258. The van der Waals surface area contributed by atoms with Crippen molar-refractivity contribution in [3.8, 4) is 5.75 Å². The average Bonchev–Trinajstić information content (AvgIpc) is 2.24. The Bertz CT molecular complexity index is 379. The van der Waals surface area contributed by atoms with Crippen LogP contribution >= 0.6 is 28.5 Å². The molecule has 0 fully saturated rings. The van der Waals surface area contributed by atoms with Crippen molar-refractivity contribution in [3.05, 3.63) is 34.1 Å². The van der Waals surface area contributed by atoms with E-state index < -0.39 is 16.4 Å². The molecule has 0 amide bonds. The van der Waals surface area contributed by atoms with Gasteiger partial charge in [0.2, 0.25) is 5.82 Å². The topological polar surface area (TPSA) is 61.6 Å². The van der Waals surface area contributed by atoms with Crippen molar-refractivity contribution in [2.45, 2.75) is 0 Å². The van der Waals surface area contributed by atoms with Crippen LogP contribution in [0.25, 0.3) is 0 Å². The van der Waals surface area contributed by atoms with Crippen molar-refractivity contribution in [1.29, 1.82) is 0 Å². The summed E-state index contributed by atoms with van der Waals surface area (Å²) in [7, 11) is 0. The third-order valence-electron chi connectivity index (χ3n) is 1.63. The Morgan fingerprint density at radius 3 is 2.88 bits per heavy atom. The monoisotopic (exact) mass is 359 g/mol. The molecule has 88 valence electrons. The van der Waals surface area contributed by atoms with Crippen LogP contribution in [0.1, 0.15) is 0 Å². The Morgan fingerprint density at radius 1 is 1.50 bits per heavy atom. The summed E-state index contributed by atoms with van der Waals surface area (Å²) in [6.45, 7) is 0.765. The summed E-state index contributed by atoms with van der Waals surface area (Å²) in [5, 5.41) is 10.6. The number of hydrogen-bond donors (Lipinski definition) is 0. The van der Waals surface area contributed by atoms with Gasteiger partial charge >= 0.3 is 5.69 Å². The average molecular weight is 359 g/mol. The van der Waals surface area contributed by atoms with Gasteiger partial charge in [-0.1, -0.05) is 6.07 Å². The van der Waals surface area contributed by atoms with Gasteiger partial charge in [-0.05, 0) is 34.2 Å². The number of halogens is 2. The molecular weight excluding hydrogens is 351 g/mol. The molecule has 0 spiro atoms. The lowest BCUT2D eigenvalue weighted by Crippen LogP contribution is -2.05. The van der Waals surface area contributed by atoms with Crippen molar-refractivity contribution in [3.63, 3.8) is 0 Å². The van der Waals surface area contributed by atoms with Gasteiger partial charge in [-0.3, -0.25) is 10.1 Å². The standard InChI is InChI=1S/C8H8FINO4P/c9-6-2-1-3-7(8(6)11(12)13)14-4-5-15-16-10/h1-3,16H,4-5H2. The normalized spacial score (nSPS) is 10.9. The molecule has 16 heavy (non-hydrogen) atoms. The molecule has 0 heterocycles. The Morgan fingerprint density at radius 2 is 2.25 bits per heavy atom. The van der Waals surface area contributed by atoms with Crippen molar-refractivity contribution in [1.82, 2.24) is 0 Å². The fourth-order valence-electron chi connectivity index (χ4n) is 1.02. The van der Waals surface area contributed by atoms with Crippen LogP contribution in [0, 0.1) is 15.9 Å². The van der Waals surface area contributed by atoms with E-state index in [0.717, 1.165) is 6.07 Å². The van der Waals surface area contributed by atoms with E-state index in [4.69, 9.17) is 9.26 Å². The Labute approximate surface area is 106 Å². The molecule has 0 aromatic heterocycles. The molecule has 1 aromatic carbocycles. The van der Waals surface area contributed by atoms with E-state index in [0.29, 0.717) is 13.1 Å². The van der Waals surface area contributed by atoms with Crippen LogP contribution in [0.3, 0.4) is 0 Å². The summed E-state index contributed by atoms with van der Waals surface area (Å²) in [4.78, 5) is 9.79. The molecule has 1 rings (SSSR count). The van der Waals surface area contributed by atoms with Gasteiger partial charge in [-0.2, -0.15) is 4.39 Å². The van der Waals surface area contributed by atoms with Crippen LogP contribution < -0.4 is 4.74 Å². The number of nitro groups is 1. The highest BCUT2D eigenvalue weighted by molar-refractivity contribution is 14.2. The predicted molar refractivity (Wildman–Crippen MR) is 66.8 cm³/mol. The van der Waals surface area contributed by atoms with Gasteiger partial charge in [-0.25, -0.2) is 0 Å². The van der Waals surface area contributed by atoms with Crippen LogP contribution in [-0.2, 0) is 4.52 Å². The Kier molecular flexibility index (Phi) is 5.86. The molecule has 0 saturated heterocycles. The maximum Gasteiger partial charge on any atom is 0.346 e. The third kappa shape index (κ3) is 3.80. The highest BCUT2D eigenvalue weighted by atomic mass is 127. The second-order valence-electron chi connectivity index (χ2n) is 2.62. The number of ether oxygens (including phenoxy) is 1. The second-order valence-corrected chi connectivity index (χ2v) is 4.38. The molecule has 0 bridgehead atoms. The SMILES string of the molecule is O=[N+]([O-])c1c(F)cccc1OCCOPI. The smallest absolute Gasteiger partial charge is 0.346 e. The lowest BCUT2D eigenvalue weighted by molar-refractivity contribution is -0.388. The zero-order valence-corrected chi connectivity index (χ0v) is 11.1. The third-order valence-corrected chi connectivity index (χ3v) is 2.88. The van der Waals surface area contributed by atoms with Crippen LogP contribution in [0.4, 0.5) is 10.1 Å². The summed E-state index contributed by atoms with van der Waals surface area (Å²) in [6, 6.07) is 3.74. The first-order valence-electron chi connectivity index (χ1n) is 4.20. The molecular formula is C8H8FINO4P. The second kappa shape index (κ2) is 6.93. The highest BCUT2D eigenvalue weighted by Crippen LogP contribution is 2.29. The summed E-state index contributed by atoms with van der Waals surface area (Å²) in [6.07, 6.45) is 0. The van der Waals surface area contributed by atoms with Gasteiger partial charge in [0.1, 0.15) is 6.61 Å². The summed E-state index contributed by atoms with van der Waals surface area (Å²) in [5.74, 6) is -0.982. The molecule has 1 aromatic rings. The lowest BCUT2D eigenvalue weighted by Gasteiger charge is -2.06. The molecule has 0 aliphatic heterocycles. The zero-order valence-electron chi connectivity index (χ0n) is 7.98. The number of benzene rings is 1. The number of para-hydroxylation sites is 1. The van der Waals surface area contributed by atoms with Crippen molar-refractivity contribution in [2.24, 2.45) is 0 Å². The maximum absolute atomic E-state index is 13.1. The van der Waals surface area contributed by atoms with E-state index in [-0.39, 0.29) is 12.4 Å². The summed E-state index contributed by atoms with van der Waals surface area (Å²) in [5.41, 5.74) is -0.639. The maximum atomic E-state index is 13.1. The molecule has 0 N–H and O–H groups in total. The van der Waals surface area contributed by atoms with E-state index in [2.05, 4.69) is 0 Å². The van der Waals surface area contributed by atoms with E-state index in [9.17, 15) is 14.5 Å². The largest absolute Gasteiger partial charge is 0.484 e. The fraction of sp³-hybridized carbons (Fsp3) is 0.250. The number of rotatable bonds is 6. The van der Waals surface area contributed by atoms with E-state index in [1.807, 2.05) is 22.0 Å². The first kappa shape index (κ1) is 13.5. The van der Waals surface area contributed by atoms with E-state index in [1.165, 1.54) is 12.1 Å². The van der Waals surface area contributed by atoms with Crippen molar-refractivity contribution in [2.75, 3.05) is 13.2 Å². The predicted octanol–water partition coefficient (Wildman–Crippen LogP) is 3.07. The molecule has 0 saturated carbocycles.